The lowest BCUT2D eigenvalue weighted by Gasteiger charge is -2.43. The number of benzene rings is 1. The van der Waals surface area contributed by atoms with Crippen molar-refractivity contribution in [3.05, 3.63) is 35.4 Å². The van der Waals surface area contributed by atoms with Crippen molar-refractivity contribution in [2.75, 3.05) is 45.9 Å². The van der Waals surface area contributed by atoms with E-state index in [4.69, 9.17) is 4.74 Å². The molecule has 2 heterocycles. The van der Waals surface area contributed by atoms with Gasteiger partial charge in [-0.25, -0.2) is 4.79 Å². The summed E-state index contributed by atoms with van der Waals surface area (Å²) in [5, 5.41) is 0. The van der Waals surface area contributed by atoms with Gasteiger partial charge in [-0.1, -0.05) is 18.2 Å². The molecule has 1 aromatic rings. The van der Waals surface area contributed by atoms with Crippen molar-refractivity contribution >= 4 is 17.8 Å². The number of ether oxygens (including phenoxy) is 1. The number of carbonyl (C=O) groups excluding carboxylic acids is 3. The first-order valence-electron chi connectivity index (χ1n) is 10.1. The van der Waals surface area contributed by atoms with Crippen LogP contribution in [0.2, 0.25) is 0 Å². The third-order valence-electron chi connectivity index (χ3n) is 5.58. The summed E-state index contributed by atoms with van der Waals surface area (Å²) in [7, 11) is 0. The number of likely N-dealkylation sites (tertiary alicyclic amines) is 1. The molecule has 2 fully saturated rings. The molecule has 28 heavy (non-hydrogen) atoms. The minimum Gasteiger partial charge on any atom is -0.450 e. The van der Waals surface area contributed by atoms with Gasteiger partial charge in [-0.2, -0.15) is 0 Å². The molecular weight excluding hydrogens is 358 g/mol. The van der Waals surface area contributed by atoms with Crippen molar-refractivity contribution in [1.29, 1.82) is 0 Å². The number of piperidine rings is 1. The van der Waals surface area contributed by atoms with Crippen LogP contribution in [0.5, 0.6) is 0 Å². The second kappa shape index (κ2) is 9.19. The molecule has 7 nitrogen and oxygen atoms in total. The molecule has 7 heteroatoms. The van der Waals surface area contributed by atoms with Crippen LogP contribution in [0.1, 0.15) is 47.4 Å². The van der Waals surface area contributed by atoms with Crippen molar-refractivity contribution in [3.63, 3.8) is 0 Å². The number of hydrogen-bond acceptors (Lipinski definition) is 5. The summed E-state index contributed by atoms with van der Waals surface area (Å²) in [6, 6.07) is 7.32. The molecule has 2 aliphatic heterocycles. The maximum atomic E-state index is 13.1. The summed E-state index contributed by atoms with van der Waals surface area (Å²) in [6.45, 7) is 7.94. The molecule has 0 saturated carbocycles. The smallest absolute Gasteiger partial charge is 0.409 e. The standard InChI is InChI=1S/C21H29N3O4/c1-3-28-21(27)23-13-11-22(12-14-23)17-7-6-10-24(15-17)20(26)19-9-5-4-8-18(19)16(2)25/h4-5,8-9,17H,3,6-7,10-15H2,1-2H3. The normalized spacial score (nSPS) is 20.7. The molecule has 1 unspecified atom stereocenters. The van der Waals surface area contributed by atoms with E-state index < -0.39 is 0 Å². The zero-order chi connectivity index (χ0) is 20.1. The second-order valence-electron chi connectivity index (χ2n) is 7.37. The highest BCUT2D eigenvalue weighted by Gasteiger charge is 2.32. The molecule has 2 aliphatic rings. The van der Waals surface area contributed by atoms with Gasteiger partial charge < -0.3 is 14.5 Å². The lowest BCUT2D eigenvalue weighted by atomic mass is 9.99. The Hall–Kier alpha value is -2.41. The molecule has 0 radical (unpaired) electrons. The van der Waals surface area contributed by atoms with E-state index in [1.807, 2.05) is 11.8 Å². The number of rotatable bonds is 4. The van der Waals surface area contributed by atoms with Crippen molar-refractivity contribution in [2.45, 2.75) is 32.7 Å². The van der Waals surface area contributed by atoms with Crippen LogP contribution >= 0.6 is 0 Å². The average Bonchev–Trinajstić information content (AvgIpc) is 2.73. The number of nitrogens with zero attached hydrogens (tertiary/aromatic N) is 3. The molecule has 3 rings (SSSR count). The highest BCUT2D eigenvalue weighted by molar-refractivity contribution is 6.07. The number of Topliss-reactive ketones (excluding diaryl/α,β-unsaturated/α-hetero) is 1. The van der Waals surface area contributed by atoms with Crippen LogP contribution in [-0.2, 0) is 4.74 Å². The van der Waals surface area contributed by atoms with Gasteiger partial charge in [0.25, 0.3) is 5.91 Å². The molecule has 0 aromatic heterocycles. The number of amides is 2. The first-order chi connectivity index (χ1) is 13.5. The molecule has 152 valence electrons. The van der Waals surface area contributed by atoms with E-state index in [-0.39, 0.29) is 23.8 Å². The van der Waals surface area contributed by atoms with Gasteiger partial charge in [0.1, 0.15) is 0 Å². The fourth-order valence-electron chi connectivity index (χ4n) is 4.07. The summed E-state index contributed by atoms with van der Waals surface area (Å²) in [4.78, 5) is 42.8. The van der Waals surface area contributed by atoms with E-state index >= 15 is 0 Å². The van der Waals surface area contributed by atoms with E-state index in [9.17, 15) is 14.4 Å². The van der Waals surface area contributed by atoms with Gasteiger partial charge in [-0.15, -0.1) is 0 Å². The van der Waals surface area contributed by atoms with Crippen LogP contribution < -0.4 is 0 Å². The summed E-state index contributed by atoms with van der Waals surface area (Å²) in [6.07, 6.45) is 1.73. The van der Waals surface area contributed by atoms with Crippen LogP contribution in [0.4, 0.5) is 4.79 Å². The summed E-state index contributed by atoms with van der Waals surface area (Å²) in [5.41, 5.74) is 0.973. The quantitative estimate of drug-likeness (QED) is 0.742. The Labute approximate surface area is 166 Å². The van der Waals surface area contributed by atoms with Crippen molar-refractivity contribution < 1.29 is 19.1 Å². The first-order valence-corrected chi connectivity index (χ1v) is 10.1. The van der Waals surface area contributed by atoms with Gasteiger partial charge >= 0.3 is 6.09 Å². The Bertz CT molecular complexity index is 728. The third kappa shape index (κ3) is 4.52. The fraction of sp³-hybridized carbons (Fsp3) is 0.571. The maximum absolute atomic E-state index is 13.1. The molecule has 2 saturated heterocycles. The Morgan fingerprint density at radius 3 is 2.32 bits per heavy atom. The van der Waals surface area contributed by atoms with Gasteiger partial charge in [0.05, 0.1) is 12.2 Å². The molecule has 0 spiro atoms. The van der Waals surface area contributed by atoms with E-state index in [0.717, 1.165) is 25.9 Å². The van der Waals surface area contributed by atoms with Crippen LogP contribution in [0.3, 0.4) is 0 Å². The Balaban J connectivity index is 1.61. The molecule has 0 bridgehead atoms. The van der Waals surface area contributed by atoms with E-state index in [1.54, 1.807) is 29.2 Å². The SMILES string of the molecule is CCOC(=O)N1CCN(C2CCCN(C(=O)c3ccccc3C(C)=O)C2)CC1. The summed E-state index contributed by atoms with van der Waals surface area (Å²) in [5.74, 6) is -0.159. The van der Waals surface area contributed by atoms with Crippen LogP contribution in [0.15, 0.2) is 24.3 Å². The van der Waals surface area contributed by atoms with E-state index in [1.165, 1.54) is 6.92 Å². The summed E-state index contributed by atoms with van der Waals surface area (Å²) < 4.78 is 5.08. The lowest BCUT2D eigenvalue weighted by Crippen LogP contribution is -2.56. The third-order valence-corrected chi connectivity index (χ3v) is 5.58. The zero-order valence-corrected chi connectivity index (χ0v) is 16.7. The molecule has 0 N–H and O–H groups in total. The lowest BCUT2D eigenvalue weighted by molar-refractivity contribution is 0.0377. The number of hydrogen-bond donors (Lipinski definition) is 0. The predicted molar refractivity (Wildman–Crippen MR) is 106 cm³/mol. The van der Waals surface area contributed by atoms with E-state index in [0.29, 0.717) is 43.9 Å². The monoisotopic (exact) mass is 387 g/mol. The summed E-state index contributed by atoms with van der Waals surface area (Å²) >= 11 is 0. The molecular formula is C21H29N3O4. The van der Waals surface area contributed by atoms with Gasteiger partial charge in [-0.05, 0) is 32.8 Å². The van der Waals surface area contributed by atoms with Crippen LogP contribution in [-0.4, -0.2) is 84.4 Å². The topological polar surface area (TPSA) is 70.2 Å². The van der Waals surface area contributed by atoms with E-state index in [2.05, 4.69) is 4.90 Å². The Kier molecular flexibility index (Phi) is 6.67. The maximum Gasteiger partial charge on any atom is 0.409 e. The largest absolute Gasteiger partial charge is 0.450 e. The predicted octanol–water partition coefficient (Wildman–Crippen LogP) is 2.27. The zero-order valence-electron chi connectivity index (χ0n) is 16.7. The number of piperazine rings is 1. The van der Waals surface area contributed by atoms with Gasteiger partial charge in [0, 0.05) is 50.9 Å². The van der Waals surface area contributed by atoms with Gasteiger partial charge in [-0.3, -0.25) is 14.5 Å². The average molecular weight is 387 g/mol. The van der Waals surface area contributed by atoms with Crippen molar-refractivity contribution in [2.24, 2.45) is 0 Å². The second-order valence-corrected chi connectivity index (χ2v) is 7.37. The van der Waals surface area contributed by atoms with Crippen molar-refractivity contribution in [3.8, 4) is 0 Å². The first kappa shape index (κ1) is 20.3. The Morgan fingerprint density at radius 1 is 1.00 bits per heavy atom. The minimum atomic E-state index is -0.247. The minimum absolute atomic E-state index is 0.0688. The van der Waals surface area contributed by atoms with Gasteiger partial charge in [0.2, 0.25) is 0 Å². The molecule has 1 aromatic carbocycles. The van der Waals surface area contributed by atoms with Gasteiger partial charge in [0.15, 0.2) is 5.78 Å². The molecule has 1 atom stereocenters. The molecule has 0 aliphatic carbocycles. The molecule has 2 amide bonds. The number of ketones is 1. The van der Waals surface area contributed by atoms with Crippen molar-refractivity contribution in [1.82, 2.24) is 14.7 Å². The van der Waals surface area contributed by atoms with Crippen LogP contribution in [0, 0.1) is 0 Å². The number of carbonyl (C=O) groups is 3. The van der Waals surface area contributed by atoms with Crippen LogP contribution in [0.25, 0.3) is 0 Å². The highest BCUT2D eigenvalue weighted by Crippen LogP contribution is 2.21. The fourth-order valence-corrected chi connectivity index (χ4v) is 4.07. The highest BCUT2D eigenvalue weighted by atomic mass is 16.6. The Morgan fingerprint density at radius 2 is 1.68 bits per heavy atom.